The van der Waals surface area contributed by atoms with Gasteiger partial charge in [0.1, 0.15) is 0 Å². The normalized spacial score (nSPS) is 11.8. The summed E-state index contributed by atoms with van der Waals surface area (Å²) >= 11 is 0. The van der Waals surface area contributed by atoms with Gasteiger partial charge >= 0.3 is 0 Å². The van der Waals surface area contributed by atoms with E-state index >= 15 is 0 Å². The Bertz CT molecular complexity index is 406. The highest BCUT2D eigenvalue weighted by molar-refractivity contribution is 5.76. The van der Waals surface area contributed by atoms with E-state index in [0.717, 1.165) is 5.56 Å². The predicted molar refractivity (Wildman–Crippen MR) is 67.8 cm³/mol. The third kappa shape index (κ3) is 3.63. The molecule has 0 fully saturated rings. The molecular formula is C13H19NO4. The minimum absolute atomic E-state index is 0.109. The summed E-state index contributed by atoms with van der Waals surface area (Å²) in [7, 11) is 3.14. The van der Waals surface area contributed by atoms with Crippen LogP contribution in [0, 0.1) is 0 Å². The van der Waals surface area contributed by atoms with Gasteiger partial charge in [-0.05, 0) is 24.6 Å². The molecule has 0 radical (unpaired) electrons. The third-order valence-corrected chi connectivity index (χ3v) is 2.62. The molecule has 0 bridgehead atoms. The lowest BCUT2D eigenvalue weighted by atomic mass is 10.1. The Morgan fingerprint density at radius 1 is 1.33 bits per heavy atom. The van der Waals surface area contributed by atoms with Crippen molar-refractivity contribution in [3.8, 4) is 11.5 Å². The van der Waals surface area contributed by atoms with Crippen LogP contribution in [0.4, 0.5) is 0 Å². The van der Waals surface area contributed by atoms with Crippen LogP contribution in [-0.2, 0) is 4.79 Å². The van der Waals surface area contributed by atoms with E-state index in [1.54, 1.807) is 20.3 Å². The molecule has 1 atom stereocenters. The fourth-order valence-corrected chi connectivity index (χ4v) is 1.62. The molecule has 1 rings (SSSR count). The monoisotopic (exact) mass is 253 g/mol. The largest absolute Gasteiger partial charge is 0.493 e. The molecule has 5 heteroatoms. The van der Waals surface area contributed by atoms with Crippen molar-refractivity contribution in [3.05, 3.63) is 23.8 Å². The molecule has 0 heterocycles. The van der Waals surface area contributed by atoms with Crippen LogP contribution in [0.1, 0.15) is 24.9 Å². The highest BCUT2D eigenvalue weighted by Gasteiger charge is 2.12. The number of hydrogen-bond donors (Lipinski definition) is 2. The van der Waals surface area contributed by atoms with Crippen LogP contribution in [0.3, 0.4) is 0 Å². The molecule has 0 aliphatic rings. The van der Waals surface area contributed by atoms with Crippen molar-refractivity contribution >= 4 is 5.91 Å². The van der Waals surface area contributed by atoms with Crippen molar-refractivity contribution in [3.63, 3.8) is 0 Å². The maximum Gasteiger partial charge on any atom is 0.222 e. The number of carbonyl (C=O) groups excluding carboxylic acids is 1. The van der Waals surface area contributed by atoms with Crippen molar-refractivity contribution in [2.75, 3.05) is 20.8 Å². The van der Waals surface area contributed by atoms with E-state index in [1.807, 2.05) is 19.1 Å². The van der Waals surface area contributed by atoms with E-state index in [4.69, 9.17) is 14.6 Å². The van der Waals surface area contributed by atoms with Crippen molar-refractivity contribution in [2.45, 2.75) is 19.4 Å². The lowest BCUT2D eigenvalue weighted by Crippen LogP contribution is -2.27. The predicted octanol–water partition coefficient (Wildman–Crippen LogP) is 1.26. The number of hydrogen-bond acceptors (Lipinski definition) is 4. The topological polar surface area (TPSA) is 67.8 Å². The summed E-state index contributed by atoms with van der Waals surface area (Å²) in [5.41, 5.74) is 0.916. The highest BCUT2D eigenvalue weighted by Crippen LogP contribution is 2.29. The Kier molecular flexibility index (Phi) is 5.45. The molecule has 5 nitrogen and oxygen atoms in total. The van der Waals surface area contributed by atoms with Gasteiger partial charge in [0.05, 0.1) is 26.9 Å². The number of rotatable bonds is 6. The summed E-state index contributed by atoms with van der Waals surface area (Å²) < 4.78 is 10.3. The number of methoxy groups -OCH3 is 2. The second-order valence-corrected chi connectivity index (χ2v) is 3.88. The first kappa shape index (κ1) is 14.3. The van der Waals surface area contributed by atoms with E-state index in [0.29, 0.717) is 11.5 Å². The lowest BCUT2D eigenvalue weighted by molar-refractivity contribution is -0.122. The van der Waals surface area contributed by atoms with Crippen LogP contribution in [0.25, 0.3) is 0 Å². The molecule has 0 aliphatic carbocycles. The minimum atomic E-state index is -0.181. The number of nitrogens with one attached hydrogen (secondary N) is 1. The van der Waals surface area contributed by atoms with Gasteiger partial charge in [-0.3, -0.25) is 4.79 Å². The van der Waals surface area contributed by atoms with Gasteiger partial charge in [0.25, 0.3) is 0 Å². The molecule has 18 heavy (non-hydrogen) atoms. The van der Waals surface area contributed by atoms with E-state index in [-0.39, 0.29) is 25.0 Å². The van der Waals surface area contributed by atoms with Gasteiger partial charge in [-0.15, -0.1) is 0 Å². The molecule has 2 N–H and O–H groups in total. The van der Waals surface area contributed by atoms with Crippen LogP contribution in [0.2, 0.25) is 0 Å². The zero-order chi connectivity index (χ0) is 13.5. The second kappa shape index (κ2) is 6.86. The number of ether oxygens (including phenoxy) is 2. The fourth-order valence-electron chi connectivity index (χ4n) is 1.62. The molecule has 0 aliphatic heterocycles. The minimum Gasteiger partial charge on any atom is -0.493 e. The number of carbonyl (C=O) groups is 1. The lowest BCUT2D eigenvalue weighted by Gasteiger charge is -2.16. The van der Waals surface area contributed by atoms with Gasteiger partial charge in [0, 0.05) is 6.42 Å². The smallest absolute Gasteiger partial charge is 0.222 e. The van der Waals surface area contributed by atoms with Crippen LogP contribution >= 0.6 is 0 Å². The average molecular weight is 253 g/mol. The standard InChI is InChI=1S/C13H19NO4/c1-9(14-13(16)6-7-15)10-4-5-11(17-2)12(8-10)18-3/h4-5,8-9,15H,6-7H2,1-3H3,(H,14,16). The van der Waals surface area contributed by atoms with Gasteiger partial charge < -0.3 is 19.9 Å². The van der Waals surface area contributed by atoms with Gasteiger partial charge in [-0.1, -0.05) is 6.07 Å². The third-order valence-electron chi connectivity index (χ3n) is 2.62. The number of aliphatic hydroxyl groups excluding tert-OH is 1. The van der Waals surface area contributed by atoms with E-state index in [2.05, 4.69) is 5.32 Å². The molecule has 0 saturated carbocycles. The average Bonchev–Trinajstić information content (AvgIpc) is 2.38. The first-order valence-electron chi connectivity index (χ1n) is 5.74. The molecule has 1 aromatic carbocycles. The Morgan fingerprint density at radius 2 is 2.00 bits per heavy atom. The maximum atomic E-state index is 11.4. The van der Waals surface area contributed by atoms with Gasteiger partial charge in [-0.2, -0.15) is 0 Å². The SMILES string of the molecule is COc1ccc(C(C)NC(=O)CCO)cc1OC. The molecule has 0 aromatic heterocycles. The van der Waals surface area contributed by atoms with E-state index in [9.17, 15) is 4.79 Å². The maximum absolute atomic E-state index is 11.4. The number of aliphatic hydroxyl groups is 1. The summed E-state index contributed by atoms with van der Waals surface area (Å²) in [4.78, 5) is 11.4. The van der Waals surface area contributed by atoms with Crippen molar-refractivity contribution < 1.29 is 19.4 Å². The first-order valence-corrected chi connectivity index (χ1v) is 5.74. The van der Waals surface area contributed by atoms with E-state index in [1.165, 1.54) is 0 Å². The molecule has 0 spiro atoms. The quantitative estimate of drug-likeness (QED) is 0.801. The van der Waals surface area contributed by atoms with Gasteiger partial charge in [0.2, 0.25) is 5.91 Å². The summed E-state index contributed by atoms with van der Waals surface area (Å²) in [6.45, 7) is 1.72. The second-order valence-electron chi connectivity index (χ2n) is 3.88. The fraction of sp³-hybridized carbons (Fsp3) is 0.462. The Hall–Kier alpha value is -1.75. The number of benzene rings is 1. The van der Waals surface area contributed by atoms with Gasteiger partial charge in [-0.25, -0.2) is 0 Å². The van der Waals surface area contributed by atoms with Gasteiger partial charge in [0.15, 0.2) is 11.5 Å². The summed E-state index contributed by atoms with van der Waals surface area (Å²) in [5, 5.41) is 11.5. The van der Waals surface area contributed by atoms with Crippen molar-refractivity contribution in [1.82, 2.24) is 5.32 Å². The number of amides is 1. The van der Waals surface area contributed by atoms with Crippen LogP contribution in [0.15, 0.2) is 18.2 Å². The first-order chi connectivity index (χ1) is 8.62. The zero-order valence-electron chi connectivity index (χ0n) is 10.9. The molecule has 0 saturated heterocycles. The highest BCUT2D eigenvalue weighted by atomic mass is 16.5. The molecular weight excluding hydrogens is 234 g/mol. The Morgan fingerprint density at radius 3 is 2.56 bits per heavy atom. The summed E-state index contributed by atoms with van der Waals surface area (Å²) in [5.74, 6) is 1.09. The van der Waals surface area contributed by atoms with E-state index < -0.39 is 0 Å². The zero-order valence-corrected chi connectivity index (χ0v) is 10.9. The van der Waals surface area contributed by atoms with Crippen molar-refractivity contribution in [2.24, 2.45) is 0 Å². The summed E-state index contributed by atoms with van der Waals surface area (Å²) in [6, 6.07) is 5.33. The van der Waals surface area contributed by atoms with Crippen molar-refractivity contribution in [1.29, 1.82) is 0 Å². The van der Waals surface area contributed by atoms with Crippen LogP contribution in [-0.4, -0.2) is 31.8 Å². The Labute approximate surface area is 107 Å². The summed E-state index contributed by atoms with van der Waals surface area (Å²) in [6.07, 6.45) is 0.109. The van der Waals surface area contributed by atoms with Crippen LogP contribution < -0.4 is 14.8 Å². The Balaban J connectivity index is 2.79. The molecule has 1 unspecified atom stereocenters. The van der Waals surface area contributed by atoms with Crippen LogP contribution in [0.5, 0.6) is 11.5 Å². The molecule has 1 amide bonds. The molecule has 1 aromatic rings. The molecule has 100 valence electrons.